The fraction of sp³-hybridized carbons (Fsp3) is 0.400. The Morgan fingerprint density at radius 2 is 2.33 bits per heavy atom. The van der Waals surface area contributed by atoms with Crippen molar-refractivity contribution in [1.29, 1.82) is 5.26 Å². The third kappa shape index (κ3) is 2.35. The molecule has 1 heterocycles. The van der Waals surface area contributed by atoms with Crippen molar-refractivity contribution in [1.82, 2.24) is 4.98 Å². The SMILES string of the molecule is CCCCc1ccc(C#N)nc1. The summed E-state index contributed by atoms with van der Waals surface area (Å²) >= 11 is 0. The maximum atomic E-state index is 8.49. The maximum absolute atomic E-state index is 8.49. The molecular weight excluding hydrogens is 148 g/mol. The van der Waals surface area contributed by atoms with E-state index in [0.717, 1.165) is 6.42 Å². The lowest BCUT2D eigenvalue weighted by Crippen LogP contribution is -1.87. The standard InChI is InChI=1S/C10H12N2/c1-2-3-4-9-5-6-10(7-11)12-8-9/h5-6,8H,2-4H2,1H3. The maximum Gasteiger partial charge on any atom is 0.140 e. The van der Waals surface area contributed by atoms with E-state index >= 15 is 0 Å². The molecule has 0 aromatic carbocycles. The van der Waals surface area contributed by atoms with E-state index in [2.05, 4.69) is 11.9 Å². The van der Waals surface area contributed by atoms with Crippen LogP contribution in [0, 0.1) is 11.3 Å². The van der Waals surface area contributed by atoms with E-state index in [4.69, 9.17) is 5.26 Å². The van der Waals surface area contributed by atoms with Crippen LogP contribution < -0.4 is 0 Å². The van der Waals surface area contributed by atoms with E-state index in [9.17, 15) is 0 Å². The Hall–Kier alpha value is -1.36. The van der Waals surface area contributed by atoms with Crippen molar-refractivity contribution in [3.8, 4) is 6.07 Å². The lowest BCUT2D eigenvalue weighted by Gasteiger charge is -1.97. The molecular formula is C10H12N2. The van der Waals surface area contributed by atoms with E-state index in [1.54, 1.807) is 12.3 Å². The summed E-state index contributed by atoms with van der Waals surface area (Å²) in [4.78, 5) is 3.99. The average molecular weight is 160 g/mol. The molecule has 0 aliphatic carbocycles. The van der Waals surface area contributed by atoms with Gasteiger partial charge in [0.25, 0.3) is 0 Å². The number of nitriles is 1. The molecule has 12 heavy (non-hydrogen) atoms. The first-order chi connectivity index (χ1) is 5.86. The van der Waals surface area contributed by atoms with Crippen LogP contribution in [0.5, 0.6) is 0 Å². The number of aryl methyl sites for hydroxylation is 1. The zero-order chi connectivity index (χ0) is 8.81. The number of unbranched alkanes of at least 4 members (excludes halogenated alkanes) is 1. The summed E-state index contributed by atoms with van der Waals surface area (Å²) in [7, 11) is 0. The highest BCUT2D eigenvalue weighted by atomic mass is 14.7. The van der Waals surface area contributed by atoms with Crippen LogP contribution >= 0.6 is 0 Å². The second-order valence-corrected chi connectivity index (χ2v) is 2.77. The molecule has 62 valence electrons. The topological polar surface area (TPSA) is 36.7 Å². The summed E-state index contributed by atoms with van der Waals surface area (Å²) < 4.78 is 0. The van der Waals surface area contributed by atoms with Gasteiger partial charge in [-0.2, -0.15) is 5.26 Å². The molecule has 0 aliphatic rings. The minimum absolute atomic E-state index is 0.496. The Labute approximate surface area is 72.9 Å². The van der Waals surface area contributed by atoms with Crippen LogP contribution in [0.1, 0.15) is 31.0 Å². The average Bonchev–Trinajstić information content (AvgIpc) is 2.15. The number of aromatic nitrogens is 1. The smallest absolute Gasteiger partial charge is 0.140 e. The lowest BCUT2D eigenvalue weighted by molar-refractivity contribution is 0.792. The third-order valence-corrected chi connectivity index (χ3v) is 1.76. The van der Waals surface area contributed by atoms with Gasteiger partial charge in [-0.3, -0.25) is 0 Å². The highest BCUT2D eigenvalue weighted by Gasteiger charge is 1.93. The predicted molar refractivity (Wildman–Crippen MR) is 47.6 cm³/mol. The molecule has 0 N–H and O–H groups in total. The van der Waals surface area contributed by atoms with Crippen LogP contribution in [0.15, 0.2) is 18.3 Å². The molecule has 1 aromatic heterocycles. The quantitative estimate of drug-likeness (QED) is 0.680. The van der Waals surface area contributed by atoms with Gasteiger partial charge in [0.15, 0.2) is 0 Å². The van der Waals surface area contributed by atoms with Crippen molar-refractivity contribution >= 4 is 0 Å². The zero-order valence-corrected chi connectivity index (χ0v) is 7.25. The van der Waals surface area contributed by atoms with Gasteiger partial charge >= 0.3 is 0 Å². The fourth-order valence-corrected chi connectivity index (χ4v) is 1.02. The van der Waals surface area contributed by atoms with Crippen LogP contribution in [0.25, 0.3) is 0 Å². The van der Waals surface area contributed by atoms with Gasteiger partial charge in [-0.25, -0.2) is 4.98 Å². The van der Waals surface area contributed by atoms with Gasteiger partial charge in [-0.05, 0) is 24.5 Å². The molecule has 0 fully saturated rings. The number of hydrogen-bond acceptors (Lipinski definition) is 2. The molecule has 0 amide bonds. The van der Waals surface area contributed by atoms with Crippen molar-refractivity contribution in [2.75, 3.05) is 0 Å². The number of nitrogens with zero attached hydrogens (tertiary/aromatic N) is 2. The first kappa shape index (κ1) is 8.73. The first-order valence-electron chi connectivity index (χ1n) is 4.22. The summed E-state index contributed by atoms with van der Waals surface area (Å²) in [5.74, 6) is 0. The van der Waals surface area contributed by atoms with Gasteiger partial charge in [0.1, 0.15) is 11.8 Å². The van der Waals surface area contributed by atoms with Gasteiger partial charge < -0.3 is 0 Å². The molecule has 2 heteroatoms. The second-order valence-electron chi connectivity index (χ2n) is 2.77. The van der Waals surface area contributed by atoms with Gasteiger partial charge in [-0.1, -0.05) is 19.4 Å². The largest absolute Gasteiger partial charge is 0.245 e. The number of hydrogen-bond donors (Lipinski definition) is 0. The molecule has 0 saturated heterocycles. The highest BCUT2D eigenvalue weighted by molar-refractivity contribution is 5.23. The zero-order valence-electron chi connectivity index (χ0n) is 7.25. The van der Waals surface area contributed by atoms with E-state index in [1.807, 2.05) is 12.1 Å². The molecule has 0 atom stereocenters. The van der Waals surface area contributed by atoms with Crippen LogP contribution in [-0.4, -0.2) is 4.98 Å². The van der Waals surface area contributed by atoms with Crippen LogP contribution in [0.4, 0.5) is 0 Å². The highest BCUT2D eigenvalue weighted by Crippen LogP contribution is 2.03. The van der Waals surface area contributed by atoms with Gasteiger partial charge in [-0.15, -0.1) is 0 Å². The summed E-state index contributed by atoms with van der Waals surface area (Å²) in [5.41, 5.74) is 1.71. The van der Waals surface area contributed by atoms with Crippen molar-refractivity contribution in [3.63, 3.8) is 0 Å². The second kappa shape index (κ2) is 4.50. The monoisotopic (exact) mass is 160 g/mol. The van der Waals surface area contributed by atoms with Crippen molar-refractivity contribution in [2.45, 2.75) is 26.2 Å². The minimum Gasteiger partial charge on any atom is -0.245 e. The van der Waals surface area contributed by atoms with Crippen LogP contribution in [0.3, 0.4) is 0 Å². The Balaban J connectivity index is 2.60. The molecule has 0 aliphatic heterocycles. The van der Waals surface area contributed by atoms with E-state index in [-0.39, 0.29) is 0 Å². The van der Waals surface area contributed by atoms with Crippen molar-refractivity contribution < 1.29 is 0 Å². The first-order valence-corrected chi connectivity index (χ1v) is 4.22. The van der Waals surface area contributed by atoms with Gasteiger partial charge in [0, 0.05) is 6.20 Å². The Morgan fingerprint density at radius 1 is 1.50 bits per heavy atom. The lowest BCUT2D eigenvalue weighted by atomic mass is 10.1. The van der Waals surface area contributed by atoms with Gasteiger partial charge in [0.2, 0.25) is 0 Å². The normalized spacial score (nSPS) is 9.33. The molecule has 0 bridgehead atoms. The third-order valence-electron chi connectivity index (χ3n) is 1.76. The molecule has 2 nitrogen and oxygen atoms in total. The molecule has 0 saturated carbocycles. The molecule has 1 aromatic rings. The number of rotatable bonds is 3. The predicted octanol–water partition coefficient (Wildman–Crippen LogP) is 2.30. The van der Waals surface area contributed by atoms with E-state index in [1.165, 1.54) is 18.4 Å². The van der Waals surface area contributed by atoms with Crippen LogP contribution in [0.2, 0.25) is 0 Å². The van der Waals surface area contributed by atoms with E-state index < -0.39 is 0 Å². The fourth-order valence-electron chi connectivity index (χ4n) is 1.02. The summed E-state index contributed by atoms with van der Waals surface area (Å²) in [6.07, 6.45) is 5.23. The molecule has 0 radical (unpaired) electrons. The van der Waals surface area contributed by atoms with E-state index in [0.29, 0.717) is 5.69 Å². The van der Waals surface area contributed by atoms with Crippen molar-refractivity contribution in [2.24, 2.45) is 0 Å². The Kier molecular flexibility index (Phi) is 3.28. The Bertz CT molecular complexity index is 269. The van der Waals surface area contributed by atoms with Gasteiger partial charge in [0.05, 0.1) is 0 Å². The molecule has 0 unspecified atom stereocenters. The minimum atomic E-state index is 0.496. The summed E-state index contributed by atoms with van der Waals surface area (Å²) in [5, 5.41) is 8.49. The molecule has 0 spiro atoms. The number of pyridine rings is 1. The Morgan fingerprint density at radius 3 is 2.83 bits per heavy atom. The van der Waals surface area contributed by atoms with Crippen molar-refractivity contribution in [3.05, 3.63) is 29.6 Å². The summed E-state index contributed by atoms with van der Waals surface area (Å²) in [6.45, 7) is 2.16. The summed E-state index contributed by atoms with van der Waals surface area (Å²) in [6, 6.07) is 5.74. The molecule has 1 rings (SSSR count). The van der Waals surface area contributed by atoms with Crippen LogP contribution in [-0.2, 0) is 6.42 Å².